The van der Waals surface area contributed by atoms with Crippen LogP contribution < -0.4 is 10.5 Å². The molecule has 0 amide bonds. The molecule has 6 heteroatoms. The molecule has 0 aliphatic carbocycles. The van der Waals surface area contributed by atoms with Gasteiger partial charge in [0.25, 0.3) is 5.56 Å². The highest BCUT2D eigenvalue weighted by atomic mass is 16.5. The molecule has 4 rings (SSSR count). The van der Waals surface area contributed by atoms with Gasteiger partial charge in [-0.2, -0.15) is 0 Å². The van der Waals surface area contributed by atoms with E-state index in [4.69, 9.17) is 9.72 Å². The lowest BCUT2D eigenvalue weighted by molar-refractivity contribution is 0.161. The van der Waals surface area contributed by atoms with Crippen molar-refractivity contribution in [3.05, 3.63) is 21.6 Å². The summed E-state index contributed by atoms with van der Waals surface area (Å²) in [6, 6.07) is 0. The molecule has 2 atom stereocenters. The van der Waals surface area contributed by atoms with Gasteiger partial charge in [0.2, 0.25) is 5.95 Å². The highest BCUT2D eigenvalue weighted by Crippen LogP contribution is 2.23. The molecule has 1 aromatic rings. The number of H-pyrrole nitrogens is 1. The van der Waals surface area contributed by atoms with Gasteiger partial charge in [-0.1, -0.05) is 6.92 Å². The van der Waals surface area contributed by atoms with Crippen LogP contribution in [0.5, 0.6) is 0 Å². The van der Waals surface area contributed by atoms with Crippen molar-refractivity contribution in [3.8, 4) is 0 Å². The van der Waals surface area contributed by atoms with Crippen LogP contribution in [0.2, 0.25) is 0 Å². The summed E-state index contributed by atoms with van der Waals surface area (Å²) in [5.74, 6) is 2.08. The molecule has 0 unspecified atom stereocenters. The fourth-order valence-corrected chi connectivity index (χ4v) is 4.26. The van der Waals surface area contributed by atoms with Gasteiger partial charge in [-0.15, -0.1) is 0 Å². The molecule has 4 heterocycles. The van der Waals surface area contributed by atoms with Gasteiger partial charge in [0.1, 0.15) is 0 Å². The standard InChI is InChI=1S/C18H28N4O2/c1-13-3-2-6-22(9-13)18-19-16-11-21(10-14-5-8-24-12-14)7-4-15(16)17(23)20-18/h13-14H,2-12H2,1H3,(H,19,20,23)/t13-,14+/m1/s1. The molecule has 3 aliphatic rings. The molecule has 0 aromatic carbocycles. The molecule has 2 saturated heterocycles. The summed E-state index contributed by atoms with van der Waals surface area (Å²) >= 11 is 0. The van der Waals surface area contributed by atoms with E-state index in [9.17, 15) is 4.79 Å². The van der Waals surface area contributed by atoms with Gasteiger partial charge in [0.15, 0.2) is 0 Å². The molecule has 24 heavy (non-hydrogen) atoms. The quantitative estimate of drug-likeness (QED) is 0.907. The minimum atomic E-state index is 0.0667. The van der Waals surface area contributed by atoms with E-state index in [-0.39, 0.29) is 5.56 Å². The highest BCUT2D eigenvalue weighted by molar-refractivity contribution is 5.35. The number of hydrogen-bond acceptors (Lipinski definition) is 5. The van der Waals surface area contributed by atoms with Crippen molar-refractivity contribution in [2.24, 2.45) is 11.8 Å². The molecule has 132 valence electrons. The lowest BCUT2D eigenvalue weighted by Gasteiger charge is -2.33. The first-order valence-electron chi connectivity index (χ1n) is 9.36. The second-order valence-corrected chi connectivity index (χ2v) is 7.72. The van der Waals surface area contributed by atoms with Crippen LogP contribution in [-0.4, -0.2) is 54.3 Å². The molecule has 1 N–H and O–H groups in total. The average molecular weight is 332 g/mol. The first kappa shape index (κ1) is 16.1. The summed E-state index contributed by atoms with van der Waals surface area (Å²) < 4.78 is 5.49. The largest absolute Gasteiger partial charge is 0.381 e. The molecular formula is C18H28N4O2. The number of rotatable bonds is 3. The number of fused-ring (bicyclic) bond motifs is 1. The monoisotopic (exact) mass is 332 g/mol. The zero-order chi connectivity index (χ0) is 16.5. The predicted octanol–water partition coefficient (Wildman–Crippen LogP) is 1.40. The Balaban J connectivity index is 1.51. The third-order valence-electron chi connectivity index (χ3n) is 5.64. The fourth-order valence-electron chi connectivity index (χ4n) is 4.26. The minimum absolute atomic E-state index is 0.0667. The second-order valence-electron chi connectivity index (χ2n) is 7.72. The van der Waals surface area contributed by atoms with E-state index in [0.29, 0.717) is 11.8 Å². The molecule has 1 aromatic heterocycles. The fraction of sp³-hybridized carbons (Fsp3) is 0.778. The van der Waals surface area contributed by atoms with Crippen LogP contribution in [0.25, 0.3) is 0 Å². The Kier molecular flexibility index (Phi) is 4.59. The summed E-state index contributed by atoms with van der Waals surface area (Å²) in [6.07, 6.45) is 4.41. The predicted molar refractivity (Wildman–Crippen MR) is 93.4 cm³/mol. The zero-order valence-corrected chi connectivity index (χ0v) is 14.6. The van der Waals surface area contributed by atoms with Gasteiger partial charge in [-0.3, -0.25) is 14.7 Å². The van der Waals surface area contributed by atoms with Crippen molar-refractivity contribution in [3.63, 3.8) is 0 Å². The van der Waals surface area contributed by atoms with Gasteiger partial charge >= 0.3 is 0 Å². The van der Waals surface area contributed by atoms with Gasteiger partial charge in [0, 0.05) is 44.9 Å². The van der Waals surface area contributed by atoms with Crippen LogP contribution in [-0.2, 0) is 17.7 Å². The number of ether oxygens (including phenoxy) is 1. The third-order valence-corrected chi connectivity index (χ3v) is 5.64. The summed E-state index contributed by atoms with van der Waals surface area (Å²) in [7, 11) is 0. The summed E-state index contributed by atoms with van der Waals surface area (Å²) in [5.41, 5.74) is 1.94. The van der Waals surface area contributed by atoms with Crippen molar-refractivity contribution < 1.29 is 4.74 Å². The molecular weight excluding hydrogens is 304 g/mol. The van der Waals surface area contributed by atoms with Gasteiger partial charge in [-0.25, -0.2) is 4.98 Å². The van der Waals surface area contributed by atoms with Crippen molar-refractivity contribution in [2.75, 3.05) is 44.3 Å². The maximum Gasteiger partial charge on any atom is 0.255 e. The van der Waals surface area contributed by atoms with Crippen molar-refractivity contribution >= 4 is 5.95 Å². The smallest absolute Gasteiger partial charge is 0.255 e. The lowest BCUT2D eigenvalue weighted by Crippen LogP contribution is -2.41. The lowest BCUT2D eigenvalue weighted by atomic mass is 10.0. The molecule has 2 fully saturated rings. The number of hydrogen-bond donors (Lipinski definition) is 1. The van der Waals surface area contributed by atoms with E-state index < -0.39 is 0 Å². The average Bonchev–Trinajstić information content (AvgIpc) is 3.07. The first-order valence-corrected chi connectivity index (χ1v) is 9.36. The van der Waals surface area contributed by atoms with Crippen LogP contribution in [0.15, 0.2) is 4.79 Å². The minimum Gasteiger partial charge on any atom is -0.381 e. The summed E-state index contributed by atoms with van der Waals surface area (Å²) in [4.78, 5) is 25.1. The van der Waals surface area contributed by atoms with E-state index >= 15 is 0 Å². The van der Waals surface area contributed by atoms with Crippen LogP contribution in [0.1, 0.15) is 37.4 Å². The molecule has 6 nitrogen and oxygen atoms in total. The van der Waals surface area contributed by atoms with Gasteiger partial charge < -0.3 is 9.64 Å². The van der Waals surface area contributed by atoms with E-state index in [2.05, 4.69) is 21.7 Å². The van der Waals surface area contributed by atoms with E-state index in [0.717, 1.165) is 76.0 Å². The Hall–Kier alpha value is -1.40. The van der Waals surface area contributed by atoms with Crippen LogP contribution in [0.3, 0.4) is 0 Å². The van der Waals surface area contributed by atoms with Crippen LogP contribution in [0.4, 0.5) is 5.95 Å². The van der Waals surface area contributed by atoms with E-state index in [1.165, 1.54) is 12.8 Å². The Morgan fingerprint density at radius 2 is 2.25 bits per heavy atom. The number of nitrogens with zero attached hydrogens (tertiary/aromatic N) is 3. The van der Waals surface area contributed by atoms with E-state index in [1.54, 1.807) is 0 Å². The van der Waals surface area contributed by atoms with Crippen molar-refractivity contribution in [1.29, 1.82) is 0 Å². The number of aromatic amines is 1. The SMILES string of the molecule is C[C@@H]1CCCN(c2nc3c(c(=O)[nH]2)CCN(C[C@@H]2CCOC2)C3)C1. The number of aromatic nitrogens is 2. The molecule has 0 radical (unpaired) electrons. The second kappa shape index (κ2) is 6.84. The van der Waals surface area contributed by atoms with E-state index in [1.807, 2.05) is 0 Å². The molecule has 0 spiro atoms. The van der Waals surface area contributed by atoms with Gasteiger partial charge in [0.05, 0.1) is 12.3 Å². The van der Waals surface area contributed by atoms with Crippen LogP contribution in [0, 0.1) is 11.8 Å². The topological polar surface area (TPSA) is 61.5 Å². The zero-order valence-electron chi connectivity index (χ0n) is 14.6. The Labute approximate surface area is 143 Å². The third kappa shape index (κ3) is 3.35. The maximum atomic E-state index is 12.5. The Bertz CT molecular complexity index is 638. The maximum absolute atomic E-state index is 12.5. The molecule has 0 bridgehead atoms. The molecule has 0 saturated carbocycles. The first-order chi connectivity index (χ1) is 11.7. The number of nitrogens with one attached hydrogen (secondary N) is 1. The van der Waals surface area contributed by atoms with Crippen LogP contribution >= 0.6 is 0 Å². The van der Waals surface area contributed by atoms with Crippen molar-refractivity contribution in [1.82, 2.24) is 14.9 Å². The number of anilines is 1. The summed E-state index contributed by atoms with van der Waals surface area (Å²) in [6.45, 7) is 8.84. The normalized spacial score (nSPS) is 28.1. The Morgan fingerprint density at radius 3 is 3.04 bits per heavy atom. The highest BCUT2D eigenvalue weighted by Gasteiger charge is 2.26. The number of piperidine rings is 1. The summed E-state index contributed by atoms with van der Waals surface area (Å²) in [5, 5.41) is 0. The Morgan fingerprint density at radius 1 is 1.33 bits per heavy atom. The molecule has 3 aliphatic heterocycles. The van der Waals surface area contributed by atoms with Crippen molar-refractivity contribution in [2.45, 2.75) is 39.2 Å². The van der Waals surface area contributed by atoms with Gasteiger partial charge in [-0.05, 0) is 37.5 Å².